The normalized spacial score (nSPS) is 16.7. The van der Waals surface area contributed by atoms with Crippen LogP contribution in [0.1, 0.15) is 25.8 Å². The second kappa shape index (κ2) is 8.41. The predicted molar refractivity (Wildman–Crippen MR) is 105 cm³/mol. The van der Waals surface area contributed by atoms with Crippen LogP contribution in [0.2, 0.25) is 5.02 Å². The van der Waals surface area contributed by atoms with Crippen molar-refractivity contribution in [3.8, 4) is 0 Å². The molecule has 0 radical (unpaired) electrons. The van der Waals surface area contributed by atoms with E-state index >= 15 is 0 Å². The Kier molecular flexibility index (Phi) is 5.98. The van der Waals surface area contributed by atoms with Gasteiger partial charge in [-0.2, -0.15) is 5.10 Å². The molecule has 2 heterocycles. The molecule has 1 aromatic heterocycles. The fourth-order valence-corrected chi connectivity index (χ4v) is 3.42. The smallest absolute Gasteiger partial charge is 0.324 e. The van der Waals surface area contributed by atoms with Crippen molar-refractivity contribution in [2.75, 3.05) is 23.7 Å². The fourth-order valence-electron chi connectivity index (χ4n) is 3.23. The number of nitrogens with two attached hydrogens (primary N) is 1. The van der Waals surface area contributed by atoms with E-state index < -0.39 is 0 Å². The number of rotatable bonds is 5. The lowest BCUT2D eigenvalue weighted by molar-refractivity contribution is -0.123. The molecule has 27 heavy (non-hydrogen) atoms. The Morgan fingerprint density at radius 2 is 1.93 bits per heavy atom. The lowest BCUT2D eigenvalue weighted by Gasteiger charge is -2.35. The van der Waals surface area contributed by atoms with Gasteiger partial charge in [-0.05, 0) is 31.9 Å². The Morgan fingerprint density at radius 1 is 1.22 bits per heavy atom. The molecule has 1 atom stereocenters. The fraction of sp³-hybridized carbons (Fsp3) is 0.389. The number of aromatic nitrogens is 2. The number of halogens is 1. The number of nitrogens with one attached hydrogen (secondary N) is 2. The molecular formula is C18H23ClN6O2. The molecule has 144 valence electrons. The van der Waals surface area contributed by atoms with Gasteiger partial charge in [-0.15, -0.1) is 0 Å². The maximum atomic E-state index is 12.3. The zero-order valence-corrected chi connectivity index (χ0v) is 15.8. The molecule has 0 saturated carbocycles. The van der Waals surface area contributed by atoms with Gasteiger partial charge in [0.15, 0.2) is 0 Å². The molecule has 1 aromatic carbocycles. The average Bonchev–Trinajstić information content (AvgIpc) is 3.11. The van der Waals surface area contributed by atoms with Crippen molar-refractivity contribution in [1.29, 1.82) is 0 Å². The molecule has 0 spiro atoms. The van der Waals surface area contributed by atoms with Crippen LogP contribution in [-0.4, -0.2) is 45.8 Å². The van der Waals surface area contributed by atoms with E-state index in [1.54, 1.807) is 36.5 Å². The van der Waals surface area contributed by atoms with Gasteiger partial charge >= 0.3 is 6.03 Å². The van der Waals surface area contributed by atoms with Gasteiger partial charge in [0.2, 0.25) is 5.91 Å². The first-order chi connectivity index (χ1) is 13.0. The molecule has 0 unspecified atom stereocenters. The number of para-hydroxylation sites is 1. The van der Waals surface area contributed by atoms with E-state index in [1.165, 1.54) is 0 Å². The summed E-state index contributed by atoms with van der Waals surface area (Å²) in [6.07, 6.45) is 3.30. The first kappa shape index (κ1) is 19.2. The molecule has 1 fully saturated rings. The second-order valence-electron chi connectivity index (χ2n) is 6.57. The molecule has 3 rings (SSSR count). The standard InChI is InChI=1S/C18H23ClN6O2/c1-12(17(20)26)24-10-7-13(8-11-24)25-16(6-9-21-25)23-18(27)22-15-5-3-2-4-14(15)19/h2-6,9,12-13H,7-8,10-11H2,1H3,(H2,20,26)(H2,22,23,27)/t12-/m1/s1. The van der Waals surface area contributed by atoms with E-state index in [1.807, 2.05) is 11.6 Å². The third kappa shape index (κ3) is 4.58. The highest BCUT2D eigenvalue weighted by molar-refractivity contribution is 6.33. The number of hydrogen-bond acceptors (Lipinski definition) is 4. The van der Waals surface area contributed by atoms with Crippen LogP contribution in [0.15, 0.2) is 36.5 Å². The van der Waals surface area contributed by atoms with Crippen molar-refractivity contribution >= 4 is 35.0 Å². The van der Waals surface area contributed by atoms with Crippen LogP contribution >= 0.6 is 11.6 Å². The van der Waals surface area contributed by atoms with Crippen LogP contribution in [0.4, 0.5) is 16.3 Å². The number of likely N-dealkylation sites (tertiary alicyclic amines) is 1. The molecule has 0 aliphatic carbocycles. The summed E-state index contributed by atoms with van der Waals surface area (Å²) >= 11 is 6.07. The SMILES string of the molecule is C[C@H](C(N)=O)N1CCC(n2nccc2NC(=O)Nc2ccccc2Cl)CC1. The molecule has 1 saturated heterocycles. The molecule has 9 heteroatoms. The van der Waals surface area contributed by atoms with Crippen LogP contribution in [-0.2, 0) is 4.79 Å². The number of urea groups is 1. The number of primary amides is 1. The van der Waals surface area contributed by atoms with E-state index in [2.05, 4.69) is 20.6 Å². The molecule has 4 N–H and O–H groups in total. The van der Waals surface area contributed by atoms with Gasteiger partial charge in [0.1, 0.15) is 5.82 Å². The highest BCUT2D eigenvalue weighted by Crippen LogP contribution is 2.26. The Hall–Kier alpha value is -2.58. The van der Waals surface area contributed by atoms with Crippen molar-refractivity contribution in [1.82, 2.24) is 14.7 Å². The number of hydrogen-bond donors (Lipinski definition) is 3. The zero-order valence-electron chi connectivity index (χ0n) is 15.1. The average molecular weight is 391 g/mol. The van der Waals surface area contributed by atoms with Gasteiger partial charge in [-0.3, -0.25) is 15.0 Å². The summed E-state index contributed by atoms with van der Waals surface area (Å²) in [7, 11) is 0. The monoisotopic (exact) mass is 390 g/mol. The van der Waals surface area contributed by atoms with E-state index in [0.29, 0.717) is 16.5 Å². The zero-order chi connectivity index (χ0) is 19.4. The second-order valence-corrected chi connectivity index (χ2v) is 6.97. The maximum absolute atomic E-state index is 12.3. The Balaban J connectivity index is 1.61. The summed E-state index contributed by atoms with van der Waals surface area (Å²) in [5.41, 5.74) is 5.93. The van der Waals surface area contributed by atoms with Gasteiger partial charge in [0.25, 0.3) is 0 Å². The van der Waals surface area contributed by atoms with Crippen molar-refractivity contribution < 1.29 is 9.59 Å². The first-order valence-corrected chi connectivity index (χ1v) is 9.23. The van der Waals surface area contributed by atoms with E-state index in [0.717, 1.165) is 25.9 Å². The van der Waals surface area contributed by atoms with Crippen molar-refractivity contribution in [2.24, 2.45) is 5.73 Å². The number of anilines is 2. The maximum Gasteiger partial charge on any atom is 0.324 e. The minimum atomic E-state index is -0.385. The summed E-state index contributed by atoms with van der Waals surface area (Å²) < 4.78 is 1.82. The third-order valence-electron chi connectivity index (χ3n) is 4.84. The van der Waals surface area contributed by atoms with Crippen LogP contribution in [0.25, 0.3) is 0 Å². The van der Waals surface area contributed by atoms with Crippen LogP contribution in [0, 0.1) is 0 Å². The highest BCUT2D eigenvalue weighted by atomic mass is 35.5. The quantitative estimate of drug-likeness (QED) is 0.729. The minimum Gasteiger partial charge on any atom is -0.368 e. The summed E-state index contributed by atoms with van der Waals surface area (Å²) in [6, 6.07) is 8.28. The van der Waals surface area contributed by atoms with E-state index in [4.69, 9.17) is 17.3 Å². The molecular weight excluding hydrogens is 368 g/mol. The van der Waals surface area contributed by atoms with Gasteiger partial charge in [-0.25, -0.2) is 9.48 Å². The topological polar surface area (TPSA) is 105 Å². The van der Waals surface area contributed by atoms with E-state index in [9.17, 15) is 9.59 Å². The summed E-state index contributed by atoms with van der Waals surface area (Å²) in [6.45, 7) is 3.32. The van der Waals surface area contributed by atoms with Crippen molar-refractivity contribution in [3.63, 3.8) is 0 Å². The number of nitrogens with zero attached hydrogens (tertiary/aromatic N) is 3. The van der Waals surface area contributed by atoms with E-state index in [-0.39, 0.29) is 24.0 Å². The minimum absolute atomic E-state index is 0.145. The Morgan fingerprint density at radius 3 is 2.59 bits per heavy atom. The molecule has 8 nitrogen and oxygen atoms in total. The molecule has 0 bridgehead atoms. The summed E-state index contributed by atoms with van der Waals surface area (Å²) in [5, 5.41) is 10.4. The number of piperidine rings is 1. The van der Waals surface area contributed by atoms with Gasteiger partial charge in [-0.1, -0.05) is 23.7 Å². The molecule has 1 aliphatic rings. The third-order valence-corrected chi connectivity index (χ3v) is 5.17. The number of carbonyl (C=O) groups is 2. The molecule has 3 amide bonds. The molecule has 2 aromatic rings. The molecule has 1 aliphatic heterocycles. The number of carbonyl (C=O) groups excluding carboxylic acids is 2. The lowest BCUT2D eigenvalue weighted by Crippen LogP contribution is -2.46. The van der Waals surface area contributed by atoms with Crippen LogP contribution in [0.5, 0.6) is 0 Å². The van der Waals surface area contributed by atoms with Crippen molar-refractivity contribution in [2.45, 2.75) is 31.8 Å². The lowest BCUT2D eigenvalue weighted by atomic mass is 10.0. The summed E-state index contributed by atoms with van der Waals surface area (Å²) in [5.74, 6) is 0.298. The van der Waals surface area contributed by atoms with Gasteiger partial charge < -0.3 is 11.1 Å². The number of amides is 3. The largest absolute Gasteiger partial charge is 0.368 e. The highest BCUT2D eigenvalue weighted by Gasteiger charge is 2.27. The van der Waals surface area contributed by atoms with Crippen molar-refractivity contribution in [3.05, 3.63) is 41.6 Å². The first-order valence-electron chi connectivity index (χ1n) is 8.85. The van der Waals surface area contributed by atoms with Gasteiger partial charge in [0, 0.05) is 19.2 Å². The Bertz CT molecular complexity index is 816. The predicted octanol–water partition coefficient (Wildman–Crippen LogP) is 2.69. The van der Waals surface area contributed by atoms with Gasteiger partial charge in [0.05, 0.1) is 29.0 Å². The van der Waals surface area contributed by atoms with Crippen LogP contribution < -0.4 is 16.4 Å². The Labute approximate surface area is 162 Å². The number of benzene rings is 1. The van der Waals surface area contributed by atoms with Crippen LogP contribution in [0.3, 0.4) is 0 Å². The summed E-state index contributed by atoms with van der Waals surface area (Å²) in [4.78, 5) is 25.7.